The van der Waals surface area contributed by atoms with Crippen molar-refractivity contribution in [3.8, 4) is 0 Å². The van der Waals surface area contributed by atoms with Crippen LogP contribution in [0, 0.1) is 0 Å². The molecule has 0 unspecified atom stereocenters. The lowest BCUT2D eigenvalue weighted by molar-refractivity contribution is 0.276. The first-order chi connectivity index (χ1) is 9.29. The minimum atomic E-state index is 0.730. The number of hydrogen-bond acceptors (Lipinski definition) is 4. The highest BCUT2D eigenvalue weighted by Crippen LogP contribution is 2.18. The molecule has 2 aliphatic rings. The molecule has 1 aromatic heterocycles. The minimum Gasteiger partial charge on any atom is -0.308 e. The number of nitrogens with zero attached hydrogens (tertiary/aromatic N) is 4. The van der Waals surface area contributed by atoms with Gasteiger partial charge in [-0.05, 0) is 26.2 Å². The van der Waals surface area contributed by atoms with Gasteiger partial charge in [-0.2, -0.15) is 0 Å². The zero-order chi connectivity index (χ0) is 13.1. The van der Waals surface area contributed by atoms with Crippen LogP contribution in [0.15, 0.2) is 17.8 Å². The van der Waals surface area contributed by atoms with Crippen LogP contribution < -0.4 is 5.32 Å². The summed E-state index contributed by atoms with van der Waals surface area (Å²) in [5, 5.41) is 11.9. The third-order valence-corrected chi connectivity index (χ3v) is 3.90. The van der Waals surface area contributed by atoms with Crippen LogP contribution in [0.3, 0.4) is 0 Å². The summed E-state index contributed by atoms with van der Waals surface area (Å²) in [5.74, 6) is 0. The molecule has 0 atom stereocenters. The topological polar surface area (TPSA) is 46.0 Å². The molecule has 0 amide bonds. The van der Waals surface area contributed by atoms with Crippen LogP contribution in [-0.2, 0) is 13.1 Å². The van der Waals surface area contributed by atoms with Gasteiger partial charge in [0.05, 0.1) is 12.2 Å². The number of aromatic nitrogens is 3. The smallest absolute Gasteiger partial charge is 0.0964 e. The van der Waals surface area contributed by atoms with E-state index in [4.69, 9.17) is 0 Å². The van der Waals surface area contributed by atoms with E-state index in [1.807, 2.05) is 4.68 Å². The van der Waals surface area contributed by atoms with Crippen molar-refractivity contribution < 1.29 is 0 Å². The van der Waals surface area contributed by atoms with E-state index in [0.717, 1.165) is 37.9 Å². The SMILES string of the molecule is CC1=CCN(CCn2cc(CNC3CC3)nn2)CC1. The number of nitrogens with one attached hydrogen (secondary N) is 1. The molecule has 0 saturated heterocycles. The first-order valence-electron chi connectivity index (χ1n) is 7.30. The van der Waals surface area contributed by atoms with Crippen molar-refractivity contribution in [2.24, 2.45) is 0 Å². The van der Waals surface area contributed by atoms with Crippen LogP contribution in [0.1, 0.15) is 31.9 Å². The summed E-state index contributed by atoms with van der Waals surface area (Å²) in [6.45, 7) is 7.32. The molecule has 5 nitrogen and oxygen atoms in total. The highest BCUT2D eigenvalue weighted by Gasteiger charge is 2.20. The highest BCUT2D eigenvalue weighted by molar-refractivity contribution is 5.03. The van der Waals surface area contributed by atoms with Crippen molar-refractivity contribution in [2.75, 3.05) is 19.6 Å². The van der Waals surface area contributed by atoms with Crippen LogP contribution in [0.4, 0.5) is 0 Å². The fraction of sp³-hybridized carbons (Fsp3) is 0.714. The maximum absolute atomic E-state index is 4.21. The third kappa shape index (κ3) is 3.88. The number of hydrogen-bond donors (Lipinski definition) is 1. The predicted molar refractivity (Wildman–Crippen MR) is 74.7 cm³/mol. The summed E-state index contributed by atoms with van der Waals surface area (Å²) in [6.07, 6.45) is 8.23. The Morgan fingerprint density at radius 2 is 2.26 bits per heavy atom. The Balaban J connectivity index is 1.42. The monoisotopic (exact) mass is 261 g/mol. The van der Waals surface area contributed by atoms with Crippen molar-refractivity contribution >= 4 is 0 Å². The molecule has 5 heteroatoms. The van der Waals surface area contributed by atoms with Crippen molar-refractivity contribution in [1.82, 2.24) is 25.2 Å². The molecule has 1 N–H and O–H groups in total. The quantitative estimate of drug-likeness (QED) is 0.781. The molecule has 0 bridgehead atoms. The Labute approximate surface area is 114 Å². The number of rotatable bonds is 6. The van der Waals surface area contributed by atoms with Crippen LogP contribution in [0.25, 0.3) is 0 Å². The fourth-order valence-electron chi connectivity index (χ4n) is 2.32. The van der Waals surface area contributed by atoms with E-state index < -0.39 is 0 Å². The van der Waals surface area contributed by atoms with Gasteiger partial charge in [-0.3, -0.25) is 9.58 Å². The minimum absolute atomic E-state index is 0.730. The zero-order valence-electron chi connectivity index (χ0n) is 11.7. The Morgan fingerprint density at radius 1 is 1.37 bits per heavy atom. The van der Waals surface area contributed by atoms with Crippen LogP contribution >= 0.6 is 0 Å². The molecule has 2 heterocycles. The molecule has 1 saturated carbocycles. The van der Waals surface area contributed by atoms with E-state index in [9.17, 15) is 0 Å². The van der Waals surface area contributed by atoms with E-state index >= 15 is 0 Å². The molecule has 1 aromatic rings. The average Bonchev–Trinajstić information content (AvgIpc) is 3.15. The van der Waals surface area contributed by atoms with E-state index in [1.54, 1.807) is 0 Å². The molecule has 3 rings (SSSR count). The van der Waals surface area contributed by atoms with Gasteiger partial charge in [-0.1, -0.05) is 16.9 Å². The normalized spacial score (nSPS) is 20.6. The van der Waals surface area contributed by atoms with Crippen molar-refractivity contribution in [3.05, 3.63) is 23.5 Å². The Morgan fingerprint density at radius 3 is 3.00 bits per heavy atom. The van der Waals surface area contributed by atoms with E-state index in [2.05, 4.69) is 39.7 Å². The lowest BCUT2D eigenvalue weighted by Gasteiger charge is -2.24. The summed E-state index contributed by atoms with van der Waals surface area (Å²) < 4.78 is 1.97. The summed E-state index contributed by atoms with van der Waals surface area (Å²) in [4.78, 5) is 2.47. The standard InChI is InChI=1S/C14H23N5/c1-12-4-6-18(7-5-12)8-9-19-11-14(16-17-19)10-15-13-2-3-13/h4,11,13,15H,2-3,5-10H2,1H3. The van der Waals surface area contributed by atoms with Crippen molar-refractivity contribution in [2.45, 2.75) is 45.3 Å². The second kappa shape index (κ2) is 5.84. The van der Waals surface area contributed by atoms with Gasteiger partial charge >= 0.3 is 0 Å². The third-order valence-electron chi connectivity index (χ3n) is 3.90. The second-order valence-corrected chi connectivity index (χ2v) is 5.73. The van der Waals surface area contributed by atoms with Gasteiger partial charge in [0.2, 0.25) is 0 Å². The Bertz CT molecular complexity index is 446. The summed E-state index contributed by atoms with van der Waals surface area (Å²) in [5.41, 5.74) is 2.58. The Hall–Kier alpha value is -1.20. The maximum atomic E-state index is 4.21. The van der Waals surface area contributed by atoms with Crippen LogP contribution in [0.5, 0.6) is 0 Å². The largest absolute Gasteiger partial charge is 0.308 e. The molecular formula is C14H23N5. The molecule has 0 aromatic carbocycles. The molecule has 0 spiro atoms. The van der Waals surface area contributed by atoms with E-state index in [1.165, 1.54) is 31.4 Å². The van der Waals surface area contributed by atoms with E-state index in [0.29, 0.717) is 0 Å². The van der Waals surface area contributed by atoms with Gasteiger partial charge in [-0.15, -0.1) is 5.10 Å². The zero-order valence-corrected chi connectivity index (χ0v) is 11.7. The lowest BCUT2D eigenvalue weighted by Crippen LogP contribution is -2.31. The molecule has 19 heavy (non-hydrogen) atoms. The molecular weight excluding hydrogens is 238 g/mol. The first kappa shape index (κ1) is 12.8. The second-order valence-electron chi connectivity index (χ2n) is 5.73. The van der Waals surface area contributed by atoms with Crippen LogP contribution in [-0.4, -0.2) is 45.6 Å². The maximum Gasteiger partial charge on any atom is 0.0964 e. The lowest BCUT2D eigenvalue weighted by atomic mass is 10.1. The summed E-state index contributed by atoms with van der Waals surface area (Å²) in [7, 11) is 0. The van der Waals surface area contributed by atoms with Gasteiger partial charge in [0.1, 0.15) is 0 Å². The van der Waals surface area contributed by atoms with Crippen molar-refractivity contribution in [1.29, 1.82) is 0 Å². The fourth-order valence-corrected chi connectivity index (χ4v) is 2.32. The van der Waals surface area contributed by atoms with Gasteiger partial charge < -0.3 is 5.32 Å². The van der Waals surface area contributed by atoms with E-state index in [-0.39, 0.29) is 0 Å². The predicted octanol–water partition coefficient (Wildman–Crippen LogP) is 1.18. The summed E-state index contributed by atoms with van der Waals surface area (Å²) in [6, 6.07) is 0.730. The molecule has 0 radical (unpaired) electrons. The molecule has 1 aliphatic heterocycles. The Kier molecular flexibility index (Phi) is 3.94. The first-order valence-corrected chi connectivity index (χ1v) is 7.30. The van der Waals surface area contributed by atoms with Gasteiger partial charge in [0, 0.05) is 38.4 Å². The van der Waals surface area contributed by atoms with Crippen molar-refractivity contribution in [3.63, 3.8) is 0 Å². The van der Waals surface area contributed by atoms with Gasteiger partial charge in [0.25, 0.3) is 0 Å². The molecule has 1 aliphatic carbocycles. The molecule has 1 fully saturated rings. The average molecular weight is 261 g/mol. The van der Waals surface area contributed by atoms with Gasteiger partial charge in [-0.25, -0.2) is 0 Å². The summed E-state index contributed by atoms with van der Waals surface area (Å²) >= 11 is 0. The highest BCUT2D eigenvalue weighted by atomic mass is 15.4. The van der Waals surface area contributed by atoms with Crippen LogP contribution in [0.2, 0.25) is 0 Å². The molecule has 104 valence electrons. The van der Waals surface area contributed by atoms with Gasteiger partial charge in [0.15, 0.2) is 0 Å².